The fourth-order valence-electron chi connectivity index (χ4n) is 3.33. The van der Waals surface area contributed by atoms with E-state index >= 15 is 0 Å². The molecule has 2 amide bonds. The lowest BCUT2D eigenvalue weighted by molar-refractivity contribution is -0.132. The van der Waals surface area contributed by atoms with Gasteiger partial charge in [0.15, 0.2) is 0 Å². The molecule has 1 saturated heterocycles. The van der Waals surface area contributed by atoms with Crippen LogP contribution in [-0.2, 0) is 11.2 Å². The molecule has 0 N–H and O–H groups in total. The summed E-state index contributed by atoms with van der Waals surface area (Å²) in [5.74, 6) is 0.000792. The number of aromatic nitrogens is 2. The summed E-state index contributed by atoms with van der Waals surface area (Å²) in [6.07, 6.45) is 3.68. The summed E-state index contributed by atoms with van der Waals surface area (Å²) in [5.41, 5.74) is 1.36. The highest BCUT2D eigenvalue weighted by atomic mass is 32.2. The zero-order valence-electron chi connectivity index (χ0n) is 16.5. The lowest BCUT2D eigenvalue weighted by Crippen LogP contribution is -2.51. The van der Waals surface area contributed by atoms with Gasteiger partial charge in [0.05, 0.1) is 12.0 Å². The molecule has 0 atom stereocenters. The normalized spacial score (nSPS) is 13.9. The third-order valence-electron chi connectivity index (χ3n) is 4.94. The highest BCUT2D eigenvalue weighted by Gasteiger charge is 2.26. The van der Waals surface area contributed by atoms with Gasteiger partial charge in [-0.05, 0) is 36.4 Å². The third-order valence-corrected chi connectivity index (χ3v) is 5.96. The third kappa shape index (κ3) is 4.86. The van der Waals surface area contributed by atoms with Crippen LogP contribution in [0.2, 0.25) is 0 Å². The molecular weight excluding hydrogens is 396 g/mol. The van der Waals surface area contributed by atoms with Crippen molar-refractivity contribution in [3.63, 3.8) is 0 Å². The molecule has 0 aliphatic carbocycles. The van der Waals surface area contributed by atoms with Gasteiger partial charge in [0.25, 0.3) is 5.91 Å². The predicted octanol–water partition coefficient (Wildman–Crippen LogP) is 3.15. The number of hydrogen-bond acceptors (Lipinski definition) is 5. The minimum atomic E-state index is -0.0432. The maximum atomic E-state index is 13.1. The second kappa shape index (κ2) is 9.54. The zero-order valence-corrected chi connectivity index (χ0v) is 17.3. The van der Waals surface area contributed by atoms with Crippen molar-refractivity contribution in [2.75, 3.05) is 26.2 Å². The zero-order chi connectivity index (χ0) is 20.8. The summed E-state index contributed by atoms with van der Waals surface area (Å²) in [7, 11) is 0. The lowest BCUT2D eigenvalue weighted by atomic mass is 10.2. The van der Waals surface area contributed by atoms with Crippen molar-refractivity contribution in [3.05, 3.63) is 84.3 Å². The van der Waals surface area contributed by atoms with Crippen molar-refractivity contribution in [3.8, 4) is 0 Å². The first kappa shape index (κ1) is 20.1. The molecule has 1 aliphatic rings. The van der Waals surface area contributed by atoms with Gasteiger partial charge < -0.3 is 9.80 Å². The Hall–Kier alpha value is -3.19. The van der Waals surface area contributed by atoms with Crippen molar-refractivity contribution in [1.82, 2.24) is 19.8 Å². The minimum Gasteiger partial charge on any atom is -0.339 e. The Morgan fingerprint density at radius 1 is 0.800 bits per heavy atom. The van der Waals surface area contributed by atoms with Crippen LogP contribution in [0, 0.1) is 0 Å². The van der Waals surface area contributed by atoms with Gasteiger partial charge in [0.1, 0.15) is 5.03 Å². The van der Waals surface area contributed by atoms with Crippen LogP contribution in [0.4, 0.5) is 0 Å². The monoisotopic (exact) mass is 418 g/mol. The molecule has 0 radical (unpaired) electrons. The average Bonchev–Trinajstić information content (AvgIpc) is 2.80. The van der Waals surface area contributed by atoms with Gasteiger partial charge in [-0.15, -0.1) is 0 Å². The molecule has 30 heavy (non-hydrogen) atoms. The number of carbonyl (C=O) groups is 2. The number of nitrogens with zero attached hydrogens (tertiary/aromatic N) is 4. The van der Waals surface area contributed by atoms with Gasteiger partial charge in [0, 0.05) is 49.2 Å². The molecule has 0 saturated carbocycles. The van der Waals surface area contributed by atoms with Gasteiger partial charge in [-0.1, -0.05) is 36.0 Å². The van der Waals surface area contributed by atoms with E-state index in [9.17, 15) is 9.59 Å². The molecule has 3 heterocycles. The van der Waals surface area contributed by atoms with Gasteiger partial charge in [-0.25, -0.2) is 4.98 Å². The fourth-order valence-corrected chi connectivity index (χ4v) is 4.23. The maximum Gasteiger partial charge on any atom is 0.256 e. The Bertz CT molecular complexity index is 1010. The van der Waals surface area contributed by atoms with Gasteiger partial charge >= 0.3 is 0 Å². The number of amides is 2. The Labute approximate surface area is 179 Å². The SMILES string of the molecule is O=C(Cc1ccccn1)N1CCN(C(=O)c2cccnc2Sc2ccccc2)CC1. The molecular formula is C23H22N4O2S. The van der Waals surface area contributed by atoms with Crippen LogP contribution in [0.1, 0.15) is 16.1 Å². The van der Waals surface area contributed by atoms with Crippen molar-refractivity contribution in [2.45, 2.75) is 16.3 Å². The molecule has 1 aromatic carbocycles. The minimum absolute atomic E-state index is 0.0432. The lowest BCUT2D eigenvalue weighted by Gasteiger charge is -2.35. The topological polar surface area (TPSA) is 66.4 Å². The molecule has 2 aromatic heterocycles. The van der Waals surface area contributed by atoms with Gasteiger partial charge in [0.2, 0.25) is 5.91 Å². The summed E-state index contributed by atoms with van der Waals surface area (Å²) in [5, 5.41) is 0.697. The van der Waals surface area contributed by atoms with E-state index in [-0.39, 0.29) is 18.2 Å². The second-order valence-corrected chi connectivity index (χ2v) is 8.00. The van der Waals surface area contributed by atoms with Crippen molar-refractivity contribution >= 4 is 23.6 Å². The standard InChI is InChI=1S/C23H22N4O2S/c28-21(17-18-7-4-5-11-24-18)26-13-15-27(16-14-26)23(29)20-10-6-12-25-22(20)30-19-8-2-1-3-9-19/h1-12H,13-17H2. The number of hydrogen-bond donors (Lipinski definition) is 0. The molecule has 3 aromatic rings. The number of rotatable bonds is 5. The van der Waals surface area contributed by atoms with Crippen LogP contribution in [0.15, 0.2) is 83.0 Å². The number of pyridine rings is 2. The van der Waals surface area contributed by atoms with E-state index in [0.717, 1.165) is 10.6 Å². The molecule has 0 unspecified atom stereocenters. The van der Waals surface area contributed by atoms with Crippen LogP contribution in [0.5, 0.6) is 0 Å². The quantitative estimate of drug-likeness (QED) is 0.637. The second-order valence-electron chi connectivity index (χ2n) is 6.94. The van der Waals surface area contributed by atoms with Crippen LogP contribution in [0.25, 0.3) is 0 Å². The van der Waals surface area contributed by atoms with E-state index in [4.69, 9.17) is 0 Å². The maximum absolute atomic E-state index is 13.1. The largest absolute Gasteiger partial charge is 0.339 e. The van der Waals surface area contributed by atoms with Crippen molar-refractivity contribution in [1.29, 1.82) is 0 Å². The molecule has 6 nitrogen and oxygen atoms in total. The molecule has 0 spiro atoms. The van der Waals surface area contributed by atoms with Crippen LogP contribution >= 0.6 is 11.8 Å². The first-order chi connectivity index (χ1) is 14.7. The first-order valence-corrected chi connectivity index (χ1v) is 10.7. The Morgan fingerprint density at radius 3 is 2.23 bits per heavy atom. The number of piperazine rings is 1. The average molecular weight is 419 g/mol. The van der Waals surface area contributed by atoms with Gasteiger partial charge in [-0.3, -0.25) is 14.6 Å². The fraction of sp³-hybridized carbons (Fsp3) is 0.217. The number of benzene rings is 1. The Kier molecular flexibility index (Phi) is 6.39. The molecule has 7 heteroatoms. The molecule has 152 valence electrons. The molecule has 1 fully saturated rings. The van der Waals surface area contributed by atoms with E-state index < -0.39 is 0 Å². The predicted molar refractivity (Wildman–Crippen MR) is 115 cm³/mol. The number of carbonyl (C=O) groups excluding carboxylic acids is 2. The van der Waals surface area contributed by atoms with E-state index in [0.29, 0.717) is 36.8 Å². The summed E-state index contributed by atoms with van der Waals surface area (Å²) in [6.45, 7) is 2.08. The van der Waals surface area contributed by atoms with E-state index in [1.54, 1.807) is 28.3 Å². The Balaban J connectivity index is 1.38. The highest BCUT2D eigenvalue weighted by molar-refractivity contribution is 7.99. The highest BCUT2D eigenvalue weighted by Crippen LogP contribution is 2.29. The van der Waals surface area contributed by atoms with Gasteiger partial charge in [-0.2, -0.15) is 0 Å². The first-order valence-electron chi connectivity index (χ1n) is 9.85. The molecule has 0 bridgehead atoms. The summed E-state index contributed by atoms with van der Waals surface area (Å²) < 4.78 is 0. The van der Waals surface area contributed by atoms with E-state index in [1.165, 1.54) is 11.8 Å². The molecule has 1 aliphatic heterocycles. The van der Waals surface area contributed by atoms with Crippen molar-refractivity contribution < 1.29 is 9.59 Å². The van der Waals surface area contributed by atoms with Crippen LogP contribution in [-0.4, -0.2) is 57.8 Å². The molecule has 4 rings (SSSR count). The van der Waals surface area contributed by atoms with Crippen LogP contribution < -0.4 is 0 Å². The van der Waals surface area contributed by atoms with E-state index in [1.807, 2.05) is 54.6 Å². The Morgan fingerprint density at radius 2 is 1.50 bits per heavy atom. The van der Waals surface area contributed by atoms with E-state index in [2.05, 4.69) is 9.97 Å². The van der Waals surface area contributed by atoms with Crippen LogP contribution in [0.3, 0.4) is 0 Å². The van der Waals surface area contributed by atoms with Crippen molar-refractivity contribution in [2.24, 2.45) is 0 Å². The smallest absolute Gasteiger partial charge is 0.256 e. The summed E-state index contributed by atoms with van der Waals surface area (Å²) in [4.78, 5) is 39.0. The summed E-state index contributed by atoms with van der Waals surface area (Å²) in [6, 6.07) is 19.1. The summed E-state index contributed by atoms with van der Waals surface area (Å²) >= 11 is 1.48.